The highest BCUT2D eigenvalue weighted by Crippen LogP contribution is 2.36. The maximum absolute atomic E-state index is 13.9. The Morgan fingerprint density at radius 2 is 1.83 bits per heavy atom. The lowest BCUT2D eigenvalue weighted by Crippen LogP contribution is -2.26. The summed E-state index contributed by atoms with van der Waals surface area (Å²) in [5.74, 6) is 0.160. The van der Waals surface area contributed by atoms with Gasteiger partial charge >= 0.3 is 6.18 Å². The Hall–Kier alpha value is -2.25. The highest BCUT2D eigenvalue weighted by Gasteiger charge is 2.39. The van der Waals surface area contributed by atoms with Crippen molar-refractivity contribution in [3.8, 4) is 5.69 Å². The summed E-state index contributed by atoms with van der Waals surface area (Å²) in [6.07, 6.45) is -0.535. The molecule has 1 aromatic carbocycles. The number of alkyl halides is 3. The van der Waals surface area contributed by atoms with Gasteiger partial charge in [0.25, 0.3) is 0 Å². The molecule has 0 radical (unpaired) electrons. The molecule has 0 N–H and O–H groups in total. The summed E-state index contributed by atoms with van der Waals surface area (Å²) in [7, 11) is 0. The number of hydrogen-bond acceptors (Lipinski definition) is 2. The first-order valence-electron chi connectivity index (χ1n) is 9.85. The average molecular weight is 439 g/mol. The van der Waals surface area contributed by atoms with Crippen molar-refractivity contribution < 1.29 is 13.2 Å². The number of rotatable bonds is 7. The van der Waals surface area contributed by atoms with Crippen LogP contribution in [-0.2, 0) is 12.7 Å². The van der Waals surface area contributed by atoms with Gasteiger partial charge in [-0.3, -0.25) is 13.9 Å². The number of nitrogens with zero attached hydrogens (tertiary/aromatic N) is 4. The Balaban J connectivity index is 2.26. The third kappa shape index (κ3) is 4.14. The van der Waals surface area contributed by atoms with E-state index in [1.165, 1.54) is 10.6 Å². The lowest BCUT2D eigenvalue weighted by Gasteiger charge is -2.20. The number of hydrogen-bond donors (Lipinski definition) is 0. The van der Waals surface area contributed by atoms with E-state index >= 15 is 0 Å². The normalized spacial score (nSPS) is 12.3. The van der Waals surface area contributed by atoms with Gasteiger partial charge in [-0.25, -0.2) is 4.98 Å². The molecule has 0 unspecified atom stereocenters. The van der Waals surface area contributed by atoms with E-state index in [0.717, 1.165) is 28.8 Å². The van der Waals surface area contributed by atoms with Crippen molar-refractivity contribution in [1.82, 2.24) is 18.9 Å². The van der Waals surface area contributed by atoms with Gasteiger partial charge in [-0.05, 0) is 44.9 Å². The minimum atomic E-state index is -4.57. The maximum Gasteiger partial charge on any atom is 0.435 e. The molecule has 3 rings (SSSR count). The van der Waals surface area contributed by atoms with Crippen LogP contribution in [0, 0.1) is 20.8 Å². The molecule has 30 heavy (non-hydrogen) atoms. The zero-order chi connectivity index (χ0) is 22.2. The number of aromatic nitrogens is 3. The van der Waals surface area contributed by atoms with E-state index in [-0.39, 0.29) is 18.0 Å². The van der Waals surface area contributed by atoms with Crippen LogP contribution in [0.15, 0.2) is 31.0 Å². The maximum atomic E-state index is 13.9. The third-order valence-corrected chi connectivity index (χ3v) is 5.34. The Bertz CT molecular complexity index is 1060. The van der Waals surface area contributed by atoms with Crippen LogP contribution in [0.5, 0.6) is 0 Å². The Morgan fingerprint density at radius 3 is 2.37 bits per heavy atom. The van der Waals surface area contributed by atoms with E-state index in [9.17, 15) is 13.2 Å². The molecule has 0 bridgehead atoms. The Kier molecular flexibility index (Phi) is 6.34. The van der Waals surface area contributed by atoms with Crippen LogP contribution in [0.2, 0.25) is 5.15 Å². The van der Waals surface area contributed by atoms with Crippen LogP contribution in [0.25, 0.3) is 11.5 Å². The van der Waals surface area contributed by atoms with Crippen molar-refractivity contribution in [3.63, 3.8) is 0 Å². The van der Waals surface area contributed by atoms with E-state index in [4.69, 9.17) is 11.6 Å². The molecule has 0 aliphatic carbocycles. The fraction of sp³-hybridized carbons (Fsp3) is 0.409. The van der Waals surface area contributed by atoms with Crippen LogP contribution in [0.4, 0.5) is 13.2 Å². The third-order valence-electron chi connectivity index (χ3n) is 5.07. The predicted molar refractivity (Wildman–Crippen MR) is 115 cm³/mol. The van der Waals surface area contributed by atoms with E-state index < -0.39 is 11.9 Å². The average Bonchev–Trinajstić information content (AvgIpc) is 3.11. The largest absolute Gasteiger partial charge is 0.435 e. The number of halogens is 4. The molecule has 0 fully saturated rings. The second-order valence-corrected chi connectivity index (χ2v) is 8.02. The van der Waals surface area contributed by atoms with Gasteiger partial charge in [0.15, 0.2) is 5.69 Å². The number of benzene rings is 1. The number of imidazole rings is 2. The molecule has 0 spiro atoms. The van der Waals surface area contributed by atoms with Gasteiger partial charge < -0.3 is 0 Å². The quantitative estimate of drug-likeness (QED) is 0.415. The standard InChI is InChI=1S/C22H26ClF3N4/c1-6-8-28(9-7-2)12-17-20(22(24,25)26)27-21-29(17)13-18(23)30(21)19-15(4)10-14(3)11-16(19)5/h6,10-11,13H,1,7-9,12H2,2-5H3. The highest BCUT2D eigenvalue weighted by molar-refractivity contribution is 6.30. The predicted octanol–water partition coefficient (Wildman–Crippen LogP) is 6.12. The van der Waals surface area contributed by atoms with E-state index in [2.05, 4.69) is 11.6 Å². The summed E-state index contributed by atoms with van der Waals surface area (Å²) >= 11 is 6.52. The molecule has 2 heterocycles. The Morgan fingerprint density at radius 1 is 1.20 bits per heavy atom. The zero-order valence-electron chi connectivity index (χ0n) is 17.6. The number of fused-ring (bicyclic) bond motifs is 1. The minimum Gasteiger partial charge on any atom is -0.294 e. The Labute approximate surface area is 179 Å². The second-order valence-electron chi connectivity index (χ2n) is 7.63. The molecule has 0 amide bonds. The van der Waals surface area contributed by atoms with Gasteiger partial charge in [-0.2, -0.15) is 13.2 Å². The summed E-state index contributed by atoms with van der Waals surface area (Å²) in [5, 5.41) is 0.313. The summed E-state index contributed by atoms with van der Waals surface area (Å²) in [5.41, 5.74) is 2.87. The van der Waals surface area contributed by atoms with Crippen molar-refractivity contribution in [2.24, 2.45) is 0 Å². The van der Waals surface area contributed by atoms with Gasteiger partial charge in [0.05, 0.1) is 11.4 Å². The van der Waals surface area contributed by atoms with E-state index in [1.54, 1.807) is 10.6 Å². The van der Waals surface area contributed by atoms with Crippen LogP contribution >= 0.6 is 11.6 Å². The summed E-state index contributed by atoms with van der Waals surface area (Å²) in [6.45, 7) is 12.8. The molecule has 8 heteroatoms. The van der Waals surface area contributed by atoms with E-state index in [0.29, 0.717) is 18.2 Å². The summed E-state index contributed by atoms with van der Waals surface area (Å²) in [4.78, 5) is 5.94. The number of aryl methyl sites for hydroxylation is 3. The van der Waals surface area contributed by atoms with Crippen LogP contribution in [0.3, 0.4) is 0 Å². The van der Waals surface area contributed by atoms with Crippen LogP contribution in [0.1, 0.15) is 41.4 Å². The summed E-state index contributed by atoms with van der Waals surface area (Å²) < 4.78 is 44.7. The molecule has 0 atom stereocenters. The minimum absolute atomic E-state index is 0.0795. The molecule has 0 aliphatic rings. The molecule has 4 nitrogen and oxygen atoms in total. The molecule has 0 aliphatic heterocycles. The first-order valence-corrected chi connectivity index (χ1v) is 10.2. The molecule has 2 aromatic heterocycles. The topological polar surface area (TPSA) is 25.5 Å². The van der Waals surface area contributed by atoms with Crippen molar-refractivity contribution in [3.05, 3.63) is 64.2 Å². The molecule has 3 aromatic rings. The van der Waals surface area contributed by atoms with E-state index in [1.807, 2.05) is 44.7 Å². The highest BCUT2D eigenvalue weighted by atomic mass is 35.5. The lowest BCUT2D eigenvalue weighted by molar-refractivity contribution is -0.141. The summed E-state index contributed by atoms with van der Waals surface area (Å²) in [6, 6.07) is 3.97. The molecule has 0 saturated heterocycles. The van der Waals surface area contributed by atoms with Gasteiger partial charge in [0.1, 0.15) is 5.15 Å². The molecular weight excluding hydrogens is 413 g/mol. The van der Waals surface area contributed by atoms with Gasteiger partial charge in [0, 0.05) is 19.3 Å². The van der Waals surface area contributed by atoms with Gasteiger partial charge in [0.2, 0.25) is 5.78 Å². The lowest BCUT2D eigenvalue weighted by atomic mass is 10.1. The van der Waals surface area contributed by atoms with Crippen molar-refractivity contribution in [2.45, 2.75) is 46.8 Å². The fourth-order valence-electron chi connectivity index (χ4n) is 4.06. The van der Waals surface area contributed by atoms with Crippen molar-refractivity contribution in [1.29, 1.82) is 0 Å². The molecule has 162 valence electrons. The smallest absolute Gasteiger partial charge is 0.294 e. The second kappa shape index (κ2) is 8.47. The first kappa shape index (κ1) is 22.4. The molecular formula is C22H26ClF3N4. The first-order chi connectivity index (χ1) is 14.1. The van der Waals surface area contributed by atoms with Gasteiger partial charge in [-0.15, -0.1) is 6.58 Å². The van der Waals surface area contributed by atoms with Crippen molar-refractivity contribution in [2.75, 3.05) is 13.1 Å². The molecule has 0 saturated carbocycles. The zero-order valence-corrected chi connectivity index (χ0v) is 18.4. The SMILES string of the molecule is C=CCN(CCC)Cc1c(C(F)(F)F)nc2n(-c3c(C)cc(C)cc3C)c(Cl)cn12. The monoisotopic (exact) mass is 438 g/mol. The van der Waals surface area contributed by atoms with Crippen molar-refractivity contribution >= 4 is 17.4 Å². The van der Waals surface area contributed by atoms with Crippen LogP contribution < -0.4 is 0 Å². The van der Waals surface area contributed by atoms with Gasteiger partial charge in [-0.1, -0.05) is 42.3 Å². The fourth-order valence-corrected chi connectivity index (χ4v) is 4.32. The van der Waals surface area contributed by atoms with Crippen LogP contribution in [-0.4, -0.2) is 31.9 Å².